The summed E-state index contributed by atoms with van der Waals surface area (Å²) in [6.07, 6.45) is 3.56. The topological polar surface area (TPSA) is 47.9 Å². The number of ether oxygens (including phenoxy) is 3. The van der Waals surface area contributed by atoms with Gasteiger partial charge in [-0.25, -0.2) is 0 Å². The van der Waals surface area contributed by atoms with Gasteiger partial charge < -0.3 is 19.3 Å². The Kier molecular flexibility index (Phi) is 4.48. The molecule has 1 aromatic carbocycles. The van der Waals surface area contributed by atoms with Crippen molar-refractivity contribution in [3.63, 3.8) is 0 Å². The molecule has 4 nitrogen and oxygen atoms in total. The van der Waals surface area contributed by atoms with Crippen molar-refractivity contribution in [2.24, 2.45) is 0 Å². The Morgan fingerprint density at radius 3 is 2.60 bits per heavy atom. The lowest BCUT2D eigenvalue weighted by Crippen LogP contribution is -2.41. The fourth-order valence-corrected chi connectivity index (χ4v) is 2.19. The van der Waals surface area contributed by atoms with Gasteiger partial charge in [0.15, 0.2) is 0 Å². The van der Waals surface area contributed by atoms with Crippen molar-refractivity contribution in [2.75, 3.05) is 14.2 Å². The van der Waals surface area contributed by atoms with Gasteiger partial charge in [-0.05, 0) is 24.3 Å². The van der Waals surface area contributed by atoms with Crippen LogP contribution in [0.2, 0.25) is 5.02 Å². The summed E-state index contributed by atoms with van der Waals surface area (Å²) < 4.78 is 15.8. The molecule has 0 bridgehead atoms. The Balaban J connectivity index is 2.28. The molecule has 0 saturated carbocycles. The summed E-state index contributed by atoms with van der Waals surface area (Å²) >= 11 is 12.4. The molecule has 1 aliphatic rings. The number of hydrogen-bond acceptors (Lipinski definition) is 4. The first-order valence-electron chi connectivity index (χ1n) is 5.83. The maximum atomic E-state index is 9.98. The Morgan fingerprint density at radius 1 is 1.25 bits per heavy atom. The summed E-state index contributed by atoms with van der Waals surface area (Å²) in [5.74, 6) is 1.43. The lowest BCUT2D eigenvalue weighted by Gasteiger charge is -2.31. The summed E-state index contributed by atoms with van der Waals surface area (Å²) in [5, 5.41) is 8.84. The predicted molar refractivity (Wildman–Crippen MR) is 77.5 cm³/mol. The zero-order valence-corrected chi connectivity index (χ0v) is 12.5. The summed E-state index contributed by atoms with van der Waals surface area (Å²) in [6.45, 7) is 0. The number of aliphatic hydroxyl groups excluding tert-OH is 1. The monoisotopic (exact) mass is 316 g/mol. The van der Waals surface area contributed by atoms with Gasteiger partial charge in [-0.1, -0.05) is 23.2 Å². The molecule has 0 spiro atoms. The zero-order chi connectivity index (χ0) is 14.8. The van der Waals surface area contributed by atoms with Crippen LogP contribution in [0, 0.1) is 0 Å². The number of hydrogen-bond donors (Lipinski definition) is 1. The molecule has 0 fully saturated rings. The molecule has 2 unspecified atom stereocenters. The molecule has 2 rings (SSSR count). The van der Waals surface area contributed by atoms with Gasteiger partial charge in [0.2, 0.25) is 5.06 Å². The molecule has 6 heteroatoms. The third-order valence-corrected chi connectivity index (χ3v) is 3.53. The quantitative estimate of drug-likeness (QED) is 0.867. The SMILES string of the molecule is COC1=CC(Cl)(Oc2ccc(OC)cc2Cl)C(O)C=C1. The highest BCUT2D eigenvalue weighted by molar-refractivity contribution is 6.32. The minimum atomic E-state index is -1.47. The number of methoxy groups -OCH3 is 2. The van der Waals surface area contributed by atoms with Crippen molar-refractivity contribution in [1.29, 1.82) is 0 Å². The van der Waals surface area contributed by atoms with Gasteiger partial charge in [-0.15, -0.1) is 0 Å². The van der Waals surface area contributed by atoms with E-state index < -0.39 is 11.2 Å². The van der Waals surface area contributed by atoms with E-state index in [1.165, 1.54) is 19.3 Å². The predicted octanol–water partition coefficient (Wildman–Crippen LogP) is 3.12. The third kappa shape index (κ3) is 3.03. The summed E-state index contributed by atoms with van der Waals surface area (Å²) in [6, 6.07) is 4.91. The van der Waals surface area contributed by atoms with Crippen molar-refractivity contribution in [3.05, 3.63) is 47.2 Å². The number of aliphatic hydroxyl groups is 1. The minimum absolute atomic E-state index is 0.332. The molecular formula is C14H14Cl2O4. The normalized spacial score (nSPS) is 25.1. The molecule has 2 atom stereocenters. The standard InChI is InChI=1S/C14H14Cl2O4/c1-18-9-3-5-12(11(15)7-9)20-14(16)8-10(19-2)4-6-13(14)17/h3-8,13,17H,1-2H3. The van der Waals surface area contributed by atoms with Gasteiger partial charge in [0.05, 0.1) is 19.2 Å². The minimum Gasteiger partial charge on any atom is -0.497 e. The van der Waals surface area contributed by atoms with Crippen molar-refractivity contribution >= 4 is 23.2 Å². The average Bonchev–Trinajstić information content (AvgIpc) is 2.44. The average molecular weight is 317 g/mol. The van der Waals surface area contributed by atoms with Crippen LogP contribution < -0.4 is 9.47 Å². The fourth-order valence-electron chi connectivity index (χ4n) is 1.72. The maximum absolute atomic E-state index is 9.98. The van der Waals surface area contributed by atoms with Crippen LogP contribution in [0.3, 0.4) is 0 Å². The molecule has 0 amide bonds. The van der Waals surface area contributed by atoms with Gasteiger partial charge in [-0.2, -0.15) is 0 Å². The van der Waals surface area contributed by atoms with E-state index in [0.717, 1.165) is 0 Å². The molecule has 1 N–H and O–H groups in total. The molecule has 1 aromatic rings. The second kappa shape index (κ2) is 5.95. The second-order valence-corrected chi connectivity index (χ2v) is 5.15. The number of rotatable bonds is 4. The highest BCUT2D eigenvalue weighted by atomic mass is 35.5. The van der Waals surface area contributed by atoms with Gasteiger partial charge in [-0.3, -0.25) is 0 Å². The lowest BCUT2D eigenvalue weighted by molar-refractivity contribution is 0.0616. The van der Waals surface area contributed by atoms with Gasteiger partial charge in [0, 0.05) is 12.1 Å². The van der Waals surface area contributed by atoms with Crippen LogP contribution in [-0.2, 0) is 4.74 Å². The highest BCUT2D eigenvalue weighted by Crippen LogP contribution is 2.36. The molecule has 0 aliphatic heterocycles. The van der Waals surface area contributed by atoms with Gasteiger partial charge in [0.1, 0.15) is 23.4 Å². The largest absolute Gasteiger partial charge is 0.497 e. The van der Waals surface area contributed by atoms with Crippen molar-refractivity contribution in [1.82, 2.24) is 0 Å². The zero-order valence-electron chi connectivity index (χ0n) is 11.0. The molecule has 0 saturated heterocycles. The van der Waals surface area contributed by atoms with Crippen LogP contribution in [0.15, 0.2) is 42.2 Å². The Bertz CT molecular complexity index is 556. The fraction of sp³-hybridized carbons (Fsp3) is 0.286. The first-order chi connectivity index (χ1) is 9.48. The molecular weight excluding hydrogens is 303 g/mol. The third-order valence-electron chi connectivity index (χ3n) is 2.83. The summed E-state index contributed by atoms with van der Waals surface area (Å²) in [5.41, 5.74) is 0. The van der Waals surface area contributed by atoms with Crippen LogP contribution in [-0.4, -0.2) is 30.5 Å². The second-order valence-electron chi connectivity index (χ2n) is 4.15. The number of alkyl halides is 1. The van der Waals surface area contributed by atoms with Crippen LogP contribution in [0.1, 0.15) is 0 Å². The maximum Gasteiger partial charge on any atom is 0.234 e. The molecule has 0 radical (unpaired) electrons. The highest BCUT2D eigenvalue weighted by Gasteiger charge is 2.38. The Hall–Kier alpha value is -1.36. The number of benzene rings is 1. The molecule has 0 aromatic heterocycles. The van der Waals surface area contributed by atoms with Crippen LogP contribution in [0.5, 0.6) is 11.5 Å². The first kappa shape index (κ1) is 15.0. The van der Waals surface area contributed by atoms with E-state index in [4.69, 9.17) is 37.4 Å². The first-order valence-corrected chi connectivity index (χ1v) is 6.58. The van der Waals surface area contributed by atoms with E-state index in [0.29, 0.717) is 22.3 Å². The molecule has 1 aliphatic carbocycles. The van der Waals surface area contributed by atoms with Crippen LogP contribution in [0.25, 0.3) is 0 Å². The smallest absolute Gasteiger partial charge is 0.234 e. The molecule has 0 heterocycles. The number of allylic oxidation sites excluding steroid dienone is 1. The summed E-state index contributed by atoms with van der Waals surface area (Å²) in [4.78, 5) is 0. The van der Waals surface area contributed by atoms with Gasteiger partial charge in [0.25, 0.3) is 0 Å². The van der Waals surface area contributed by atoms with Crippen molar-refractivity contribution in [2.45, 2.75) is 11.2 Å². The van der Waals surface area contributed by atoms with Gasteiger partial charge >= 0.3 is 0 Å². The van der Waals surface area contributed by atoms with E-state index in [9.17, 15) is 5.11 Å². The number of halogens is 2. The van der Waals surface area contributed by atoms with E-state index in [1.54, 1.807) is 31.4 Å². The van der Waals surface area contributed by atoms with E-state index in [2.05, 4.69) is 0 Å². The Morgan fingerprint density at radius 2 is 2.00 bits per heavy atom. The van der Waals surface area contributed by atoms with Crippen LogP contribution >= 0.6 is 23.2 Å². The lowest BCUT2D eigenvalue weighted by atomic mass is 10.1. The van der Waals surface area contributed by atoms with Crippen molar-refractivity contribution < 1.29 is 19.3 Å². The van der Waals surface area contributed by atoms with E-state index in [1.807, 2.05) is 0 Å². The van der Waals surface area contributed by atoms with Crippen molar-refractivity contribution in [3.8, 4) is 11.5 Å². The van der Waals surface area contributed by atoms with E-state index in [-0.39, 0.29) is 0 Å². The van der Waals surface area contributed by atoms with Crippen LogP contribution in [0.4, 0.5) is 0 Å². The molecule has 20 heavy (non-hydrogen) atoms. The Labute approximate surface area is 127 Å². The van der Waals surface area contributed by atoms with E-state index >= 15 is 0 Å². The molecule has 108 valence electrons. The summed E-state index contributed by atoms with van der Waals surface area (Å²) in [7, 11) is 3.05.